The predicted molar refractivity (Wildman–Crippen MR) is 34.2 cm³/mol. The molecule has 0 spiro atoms. The summed E-state index contributed by atoms with van der Waals surface area (Å²) in [4.78, 5) is 10.3. The predicted octanol–water partition coefficient (Wildman–Crippen LogP) is 2.01. The zero-order chi connectivity index (χ0) is 11.2. The van der Waals surface area contributed by atoms with Gasteiger partial charge in [0.15, 0.2) is 6.61 Å². The van der Waals surface area contributed by atoms with Gasteiger partial charge in [-0.25, -0.2) is 18.0 Å². The van der Waals surface area contributed by atoms with Crippen LogP contribution >= 0.6 is 0 Å². The summed E-state index contributed by atoms with van der Waals surface area (Å²) in [7, 11) is 0. The van der Waals surface area contributed by atoms with Crippen molar-refractivity contribution in [3.63, 3.8) is 0 Å². The summed E-state index contributed by atoms with van der Waals surface area (Å²) in [6.45, 7) is -3.48. The number of carbonyl (C=O) groups excluding carboxylic acids is 1. The lowest BCUT2D eigenvalue weighted by Gasteiger charge is -2.14. The van der Waals surface area contributed by atoms with Crippen LogP contribution in [0.1, 0.15) is 0 Å². The van der Waals surface area contributed by atoms with E-state index in [1.54, 1.807) is 0 Å². The van der Waals surface area contributed by atoms with Crippen molar-refractivity contribution in [2.24, 2.45) is 0 Å². The Morgan fingerprint density at radius 2 is 1.86 bits per heavy atom. The number of alkyl halides is 5. The molecule has 0 aromatic carbocycles. The molecule has 0 heterocycles. The van der Waals surface area contributed by atoms with E-state index in [9.17, 15) is 26.7 Å². The minimum Gasteiger partial charge on any atom is -0.432 e. The maximum Gasteiger partial charge on any atom is 0.508 e. The van der Waals surface area contributed by atoms with E-state index < -0.39 is 38.4 Å². The molecule has 0 atom stereocenters. The summed E-state index contributed by atoms with van der Waals surface area (Å²) in [5, 5.41) is 0. The van der Waals surface area contributed by atoms with Crippen LogP contribution in [0.4, 0.5) is 26.7 Å². The van der Waals surface area contributed by atoms with E-state index in [-0.39, 0.29) is 0 Å². The van der Waals surface area contributed by atoms with Crippen LogP contribution in [0, 0.1) is 0 Å². The van der Waals surface area contributed by atoms with Crippen molar-refractivity contribution in [1.29, 1.82) is 0 Å². The standard InChI is InChI=1S/C6H7F5O3/c7-1-2-13-5(12)14-3-6(10,11)4(8)9/h4H,1-3H2. The molecule has 0 aliphatic heterocycles. The summed E-state index contributed by atoms with van der Waals surface area (Å²) in [5.74, 6) is -4.42. The van der Waals surface area contributed by atoms with Gasteiger partial charge in [0.1, 0.15) is 13.3 Å². The lowest BCUT2D eigenvalue weighted by atomic mass is 10.4. The molecule has 0 bridgehead atoms. The fourth-order valence-electron chi connectivity index (χ4n) is 0.382. The summed E-state index contributed by atoms with van der Waals surface area (Å²) in [6.07, 6.45) is -5.54. The molecule has 0 saturated carbocycles. The highest BCUT2D eigenvalue weighted by atomic mass is 19.3. The van der Waals surface area contributed by atoms with Gasteiger partial charge in [-0.05, 0) is 0 Å². The Kier molecular flexibility index (Phi) is 5.18. The quantitative estimate of drug-likeness (QED) is 0.527. The summed E-state index contributed by atoms with van der Waals surface area (Å²) in [6, 6.07) is 0. The molecular formula is C6H7F5O3. The number of carbonyl (C=O) groups is 1. The molecule has 0 rings (SSSR count). The van der Waals surface area contributed by atoms with Crippen LogP contribution < -0.4 is 0 Å². The average molecular weight is 222 g/mol. The molecule has 0 saturated heterocycles. The number of halogens is 5. The van der Waals surface area contributed by atoms with Crippen molar-refractivity contribution in [2.45, 2.75) is 12.3 Å². The average Bonchev–Trinajstić information content (AvgIpc) is 2.11. The van der Waals surface area contributed by atoms with Gasteiger partial charge in [-0.1, -0.05) is 0 Å². The third kappa shape index (κ3) is 4.83. The Morgan fingerprint density at radius 3 is 2.29 bits per heavy atom. The highest BCUT2D eigenvalue weighted by molar-refractivity contribution is 5.59. The Balaban J connectivity index is 3.76. The lowest BCUT2D eigenvalue weighted by Crippen LogP contribution is -2.33. The minimum absolute atomic E-state index is 0.668. The molecule has 0 aliphatic rings. The third-order valence-corrected chi connectivity index (χ3v) is 0.999. The van der Waals surface area contributed by atoms with Gasteiger partial charge in [0, 0.05) is 0 Å². The minimum atomic E-state index is -4.42. The molecule has 0 aromatic rings. The van der Waals surface area contributed by atoms with Crippen molar-refractivity contribution < 1.29 is 36.2 Å². The number of hydrogen-bond acceptors (Lipinski definition) is 3. The van der Waals surface area contributed by atoms with Gasteiger partial charge in [-0.2, -0.15) is 8.78 Å². The van der Waals surface area contributed by atoms with E-state index in [0.717, 1.165) is 0 Å². The van der Waals surface area contributed by atoms with Crippen molar-refractivity contribution in [2.75, 3.05) is 19.9 Å². The van der Waals surface area contributed by atoms with Crippen LogP contribution in [-0.2, 0) is 9.47 Å². The molecule has 0 unspecified atom stereocenters. The second-order valence-electron chi connectivity index (χ2n) is 2.14. The fraction of sp³-hybridized carbons (Fsp3) is 0.833. The maximum absolute atomic E-state index is 12.1. The van der Waals surface area contributed by atoms with E-state index in [1.807, 2.05) is 0 Å². The Bertz CT molecular complexity index is 184. The van der Waals surface area contributed by atoms with E-state index in [2.05, 4.69) is 9.47 Å². The van der Waals surface area contributed by atoms with Crippen LogP contribution in [0.25, 0.3) is 0 Å². The smallest absolute Gasteiger partial charge is 0.432 e. The Morgan fingerprint density at radius 1 is 1.29 bits per heavy atom. The summed E-state index contributed by atoms with van der Waals surface area (Å²) in [5.41, 5.74) is 0. The van der Waals surface area contributed by atoms with Crippen LogP contribution in [0.5, 0.6) is 0 Å². The Hall–Kier alpha value is -1.08. The highest BCUT2D eigenvalue weighted by Crippen LogP contribution is 2.22. The monoisotopic (exact) mass is 222 g/mol. The molecule has 0 radical (unpaired) electrons. The SMILES string of the molecule is O=C(OCCF)OCC(F)(F)C(F)F. The van der Waals surface area contributed by atoms with Crippen molar-refractivity contribution in [1.82, 2.24) is 0 Å². The van der Waals surface area contributed by atoms with Gasteiger partial charge in [-0.3, -0.25) is 0 Å². The topological polar surface area (TPSA) is 35.5 Å². The van der Waals surface area contributed by atoms with Gasteiger partial charge in [-0.15, -0.1) is 0 Å². The molecule has 0 N–H and O–H groups in total. The largest absolute Gasteiger partial charge is 0.508 e. The van der Waals surface area contributed by atoms with E-state index >= 15 is 0 Å². The highest BCUT2D eigenvalue weighted by Gasteiger charge is 2.42. The first kappa shape index (κ1) is 12.9. The first-order valence-corrected chi connectivity index (χ1v) is 3.41. The molecule has 8 heteroatoms. The molecule has 3 nitrogen and oxygen atoms in total. The molecule has 0 aliphatic carbocycles. The van der Waals surface area contributed by atoms with E-state index in [0.29, 0.717) is 0 Å². The first-order valence-electron chi connectivity index (χ1n) is 3.41. The molecule has 14 heavy (non-hydrogen) atoms. The van der Waals surface area contributed by atoms with Crippen LogP contribution in [-0.4, -0.2) is 38.4 Å². The molecule has 84 valence electrons. The second-order valence-corrected chi connectivity index (χ2v) is 2.14. The zero-order valence-corrected chi connectivity index (χ0v) is 6.81. The normalized spacial score (nSPS) is 11.6. The van der Waals surface area contributed by atoms with Gasteiger partial charge in [0.2, 0.25) is 0 Å². The van der Waals surface area contributed by atoms with Gasteiger partial charge in [0.25, 0.3) is 0 Å². The summed E-state index contributed by atoms with van der Waals surface area (Å²) < 4.78 is 65.9. The number of rotatable bonds is 5. The van der Waals surface area contributed by atoms with Crippen molar-refractivity contribution in [3.8, 4) is 0 Å². The molecule has 0 fully saturated rings. The zero-order valence-electron chi connectivity index (χ0n) is 6.81. The van der Waals surface area contributed by atoms with Gasteiger partial charge in [0.05, 0.1) is 0 Å². The first-order chi connectivity index (χ1) is 6.40. The van der Waals surface area contributed by atoms with Crippen LogP contribution in [0.2, 0.25) is 0 Å². The van der Waals surface area contributed by atoms with E-state index in [1.165, 1.54) is 0 Å². The van der Waals surface area contributed by atoms with E-state index in [4.69, 9.17) is 0 Å². The lowest BCUT2D eigenvalue weighted by molar-refractivity contribution is -0.158. The molecule has 0 aromatic heterocycles. The van der Waals surface area contributed by atoms with Crippen LogP contribution in [0.3, 0.4) is 0 Å². The molecule has 0 amide bonds. The second kappa shape index (κ2) is 5.61. The van der Waals surface area contributed by atoms with Crippen LogP contribution in [0.15, 0.2) is 0 Å². The number of ether oxygens (including phenoxy) is 2. The van der Waals surface area contributed by atoms with Gasteiger partial charge >= 0.3 is 18.5 Å². The number of hydrogen-bond donors (Lipinski definition) is 0. The Labute approximate surface area is 75.8 Å². The fourth-order valence-corrected chi connectivity index (χ4v) is 0.382. The maximum atomic E-state index is 12.1. The van der Waals surface area contributed by atoms with Crippen molar-refractivity contribution >= 4 is 6.16 Å². The van der Waals surface area contributed by atoms with Crippen molar-refractivity contribution in [3.05, 3.63) is 0 Å². The third-order valence-electron chi connectivity index (χ3n) is 0.999. The summed E-state index contributed by atoms with van der Waals surface area (Å²) >= 11 is 0. The van der Waals surface area contributed by atoms with Gasteiger partial charge < -0.3 is 9.47 Å². The molecular weight excluding hydrogens is 215 g/mol.